The lowest BCUT2D eigenvalue weighted by atomic mass is 10.1. The summed E-state index contributed by atoms with van der Waals surface area (Å²) in [7, 11) is 0. The second-order valence-corrected chi connectivity index (χ2v) is 8.14. The normalized spacial score (nSPS) is 14.0. The van der Waals surface area contributed by atoms with Crippen molar-refractivity contribution in [3.05, 3.63) is 88.5 Å². The topological polar surface area (TPSA) is 77.2 Å². The molecule has 32 heavy (non-hydrogen) atoms. The highest BCUT2D eigenvalue weighted by Crippen LogP contribution is 2.21. The molecule has 0 spiro atoms. The fourth-order valence-corrected chi connectivity index (χ4v) is 4.10. The summed E-state index contributed by atoms with van der Waals surface area (Å²) in [6, 6.07) is 18.3. The average molecular weight is 427 g/mol. The van der Waals surface area contributed by atoms with Gasteiger partial charge in [-0.15, -0.1) is 0 Å². The Morgan fingerprint density at radius 3 is 2.41 bits per heavy atom. The molecule has 1 fully saturated rings. The van der Waals surface area contributed by atoms with Crippen molar-refractivity contribution in [1.29, 1.82) is 0 Å². The number of hydrogen-bond donors (Lipinski definition) is 2. The zero-order valence-electron chi connectivity index (χ0n) is 18.1. The Morgan fingerprint density at radius 1 is 0.938 bits per heavy atom. The van der Waals surface area contributed by atoms with E-state index < -0.39 is 0 Å². The van der Waals surface area contributed by atoms with E-state index in [9.17, 15) is 4.79 Å². The van der Waals surface area contributed by atoms with Crippen molar-refractivity contribution in [2.24, 2.45) is 0 Å². The number of H-pyrrole nitrogens is 1. The van der Waals surface area contributed by atoms with Crippen LogP contribution in [0.5, 0.6) is 0 Å². The quantitative estimate of drug-likeness (QED) is 0.508. The minimum absolute atomic E-state index is 0.0486. The molecule has 7 heteroatoms. The van der Waals surface area contributed by atoms with E-state index in [-0.39, 0.29) is 5.56 Å². The number of nitrogens with zero attached hydrogens (tertiary/aromatic N) is 4. The fraction of sp³-hybridized carbons (Fsp3) is 0.240. The summed E-state index contributed by atoms with van der Waals surface area (Å²) in [4.78, 5) is 28.7. The maximum atomic E-state index is 12.4. The lowest BCUT2D eigenvalue weighted by molar-refractivity contribution is 0.640. The number of hydrogen-bond acceptors (Lipinski definition) is 6. The van der Waals surface area contributed by atoms with Crippen LogP contribution in [0.3, 0.4) is 0 Å². The fourth-order valence-electron chi connectivity index (χ4n) is 4.10. The van der Waals surface area contributed by atoms with Crippen molar-refractivity contribution in [2.45, 2.75) is 13.5 Å². The predicted molar refractivity (Wildman–Crippen MR) is 130 cm³/mol. The Morgan fingerprint density at radius 2 is 1.66 bits per heavy atom. The van der Waals surface area contributed by atoms with Gasteiger partial charge in [0.05, 0.1) is 0 Å². The maximum Gasteiger partial charge on any atom is 0.253 e. The van der Waals surface area contributed by atoms with Gasteiger partial charge in [0.2, 0.25) is 5.95 Å². The molecule has 0 unspecified atom stereocenters. The Bertz CT molecular complexity index is 1260. The van der Waals surface area contributed by atoms with Gasteiger partial charge >= 0.3 is 0 Å². The molecule has 0 aliphatic carbocycles. The van der Waals surface area contributed by atoms with Gasteiger partial charge < -0.3 is 20.1 Å². The lowest BCUT2D eigenvalue weighted by Gasteiger charge is -2.36. The van der Waals surface area contributed by atoms with Crippen molar-refractivity contribution < 1.29 is 0 Å². The van der Waals surface area contributed by atoms with Crippen LogP contribution in [-0.2, 0) is 6.54 Å². The molecule has 1 aliphatic rings. The second kappa shape index (κ2) is 8.70. The van der Waals surface area contributed by atoms with Crippen LogP contribution in [0.1, 0.15) is 11.1 Å². The summed E-state index contributed by atoms with van der Waals surface area (Å²) in [6.45, 7) is 6.15. The predicted octanol–water partition coefficient (Wildman–Crippen LogP) is 3.57. The molecule has 162 valence electrons. The van der Waals surface area contributed by atoms with Gasteiger partial charge in [-0.2, -0.15) is 0 Å². The number of anilines is 3. The molecule has 7 nitrogen and oxygen atoms in total. The molecule has 1 saturated heterocycles. The van der Waals surface area contributed by atoms with E-state index >= 15 is 0 Å². The van der Waals surface area contributed by atoms with Crippen LogP contribution in [0.2, 0.25) is 0 Å². The zero-order chi connectivity index (χ0) is 21.9. The van der Waals surface area contributed by atoms with E-state index in [0.29, 0.717) is 6.54 Å². The number of rotatable bonds is 5. The third-order valence-electron chi connectivity index (χ3n) is 5.91. The first kappa shape index (κ1) is 20.1. The van der Waals surface area contributed by atoms with Gasteiger partial charge in [0, 0.05) is 67.6 Å². The van der Waals surface area contributed by atoms with Gasteiger partial charge in [0.15, 0.2) is 0 Å². The molecule has 1 aliphatic heterocycles. The summed E-state index contributed by atoms with van der Waals surface area (Å²) in [6.07, 6.45) is 3.57. The smallest absolute Gasteiger partial charge is 0.253 e. The van der Waals surface area contributed by atoms with Crippen molar-refractivity contribution in [2.75, 3.05) is 41.3 Å². The zero-order valence-corrected chi connectivity index (χ0v) is 18.1. The van der Waals surface area contributed by atoms with Crippen LogP contribution in [0.4, 0.5) is 17.3 Å². The highest BCUT2D eigenvalue weighted by atomic mass is 16.1. The third kappa shape index (κ3) is 4.27. The summed E-state index contributed by atoms with van der Waals surface area (Å²) in [5.74, 6) is 0.797. The first-order chi connectivity index (χ1) is 15.7. The number of aryl methyl sites for hydroxylation is 1. The molecule has 0 radical (unpaired) electrons. The summed E-state index contributed by atoms with van der Waals surface area (Å²) >= 11 is 0. The van der Waals surface area contributed by atoms with Crippen LogP contribution >= 0.6 is 0 Å². The Kier molecular flexibility index (Phi) is 5.46. The molecule has 0 bridgehead atoms. The maximum absolute atomic E-state index is 12.4. The van der Waals surface area contributed by atoms with Crippen molar-refractivity contribution in [3.63, 3.8) is 0 Å². The van der Waals surface area contributed by atoms with Gasteiger partial charge in [0.1, 0.15) is 0 Å². The minimum Gasteiger partial charge on any atom is -0.381 e. The van der Waals surface area contributed by atoms with E-state index in [2.05, 4.69) is 60.4 Å². The monoisotopic (exact) mass is 426 g/mol. The third-order valence-corrected chi connectivity index (χ3v) is 5.91. The summed E-state index contributed by atoms with van der Waals surface area (Å²) in [5, 5.41) is 4.42. The van der Waals surface area contributed by atoms with Crippen molar-refractivity contribution >= 4 is 28.2 Å². The van der Waals surface area contributed by atoms with Crippen molar-refractivity contribution in [1.82, 2.24) is 15.0 Å². The van der Waals surface area contributed by atoms with Gasteiger partial charge in [-0.1, -0.05) is 12.1 Å². The van der Waals surface area contributed by atoms with E-state index in [1.807, 2.05) is 31.2 Å². The van der Waals surface area contributed by atoms with Gasteiger partial charge in [-0.05, 0) is 60.3 Å². The standard InChI is InChI=1S/C25H26N6O/c1-18-3-4-19-16-20(24(32)29-23(19)15-18)17-28-21-5-7-22(8-6-21)30-11-13-31(14-12-30)25-26-9-2-10-27-25/h2-10,15-16,28H,11-14,17H2,1H3,(H,29,32). The van der Waals surface area contributed by atoms with E-state index in [1.54, 1.807) is 12.4 Å². The largest absolute Gasteiger partial charge is 0.381 e. The second-order valence-electron chi connectivity index (χ2n) is 8.14. The number of fused-ring (bicyclic) bond motifs is 1. The molecule has 0 saturated carbocycles. The molecule has 4 aromatic rings. The van der Waals surface area contributed by atoms with Crippen LogP contribution in [-0.4, -0.2) is 41.1 Å². The summed E-state index contributed by atoms with van der Waals surface area (Å²) < 4.78 is 0. The van der Waals surface area contributed by atoms with Crippen LogP contribution < -0.4 is 20.7 Å². The van der Waals surface area contributed by atoms with E-state index in [1.165, 1.54) is 5.69 Å². The van der Waals surface area contributed by atoms with Gasteiger partial charge in [-0.25, -0.2) is 9.97 Å². The van der Waals surface area contributed by atoms with Crippen LogP contribution in [0.15, 0.2) is 71.8 Å². The first-order valence-electron chi connectivity index (χ1n) is 10.9. The van der Waals surface area contributed by atoms with Crippen molar-refractivity contribution in [3.8, 4) is 0 Å². The lowest BCUT2D eigenvalue weighted by Crippen LogP contribution is -2.47. The first-order valence-corrected chi connectivity index (χ1v) is 10.9. The minimum atomic E-state index is -0.0486. The molecule has 0 amide bonds. The van der Waals surface area contributed by atoms with Crippen LogP contribution in [0.25, 0.3) is 10.9 Å². The molecule has 0 atom stereocenters. The molecule has 2 aromatic carbocycles. The van der Waals surface area contributed by atoms with E-state index in [4.69, 9.17) is 0 Å². The Labute approximate surface area is 186 Å². The van der Waals surface area contributed by atoms with Gasteiger partial charge in [-0.3, -0.25) is 4.79 Å². The number of nitrogens with one attached hydrogen (secondary N) is 2. The molecule has 2 N–H and O–H groups in total. The van der Waals surface area contributed by atoms with E-state index in [0.717, 1.165) is 59.8 Å². The highest BCUT2D eigenvalue weighted by molar-refractivity contribution is 5.79. The molecular formula is C25H26N6O. The van der Waals surface area contributed by atoms with Gasteiger partial charge in [0.25, 0.3) is 5.56 Å². The number of piperazine rings is 1. The number of benzene rings is 2. The summed E-state index contributed by atoms with van der Waals surface area (Å²) in [5.41, 5.74) is 4.88. The number of aromatic amines is 1. The molecule has 2 aromatic heterocycles. The average Bonchev–Trinajstić information content (AvgIpc) is 2.84. The highest BCUT2D eigenvalue weighted by Gasteiger charge is 2.18. The Hall–Kier alpha value is -3.87. The molecule has 3 heterocycles. The number of aromatic nitrogens is 3. The number of pyridine rings is 1. The molecule has 5 rings (SSSR count). The SMILES string of the molecule is Cc1ccc2cc(CNc3ccc(N4CCN(c5ncccn5)CC4)cc3)c(=O)[nH]c2c1. The van der Waals surface area contributed by atoms with Crippen LogP contribution in [0, 0.1) is 6.92 Å². The molecular weight excluding hydrogens is 400 g/mol. The Balaban J connectivity index is 1.20.